The van der Waals surface area contributed by atoms with E-state index in [0.29, 0.717) is 13.1 Å². The van der Waals surface area contributed by atoms with Gasteiger partial charge >= 0.3 is 6.09 Å². The molecule has 0 spiro atoms. The summed E-state index contributed by atoms with van der Waals surface area (Å²) in [5.74, 6) is 2.86. The van der Waals surface area contributed by atoms with Crippen LogP contribution in [-0.2, 0) is 4.74 Å². The van der Waals surface area contributed by atoms with E-state index in [1.807, 2.05) is 20.8 Å². The molecule has 1 saturated heterocycles. The highest BCUT2D eigenvalue weighted by molar-refractivity contribution is 5.68. The summed E-state index contributed by atoms with van der Waals surface area (Å²) in [4.78, 5) is 13.2. The Hall–Kier alpha value is -1.17. The zero-order chi connectivity index (χ0) is 10.8. The highest BCUT2D eigenvalue weighted by Gasteiger charge is 2.28. The van der Waals surface area contributed by atoms with Crippen molar-refractivity contribution >= 4 is 6.09 Å². The van der Waals surface area contributed by atoms with Gasteiger partial charge in [0, 0.05) is 19.0 Å². The molecule has 0 saturated carbocycles. The summed E-state index contributed by atoms with van der Waals surface area (Å²) >= 11 is 0. The van der Waals surface area contributed by atoms with E-state index in [0.717, 1.165) is 6.42 Å². The van der Waals surface area contributed by atoms with Crippen molar-refractivity contribution in [3.8, 4) is 12.3 Å². The first-order chi connectivity index (χ1) is 6.42. The fourth-order valence-electron chi connectivity index (χ4n) is 1.39. The number of terminal acetylenes is 1. The Bertz CT molecular complexity index is 259. The number of likely N-dealkylation sites (tertiary alicyclic amines) is 1. The first-order valence-electron chi connectivity index (χ1n) is 4.86. The third kappa shape index (κ3) is 2.95. The minimum atomic E-state index is -0.425. The van der Waals surface area contributed by atoms with Gasteiger partial charge in [0.25, 0.3) is 0 Å². The number of nitrogens with zero attached hydrogens (tertiary/aromatic N) is 1. The summed E-state index contributed by atoms with van der Waals surface area (Å²) in [5.41, 5.74) is -0.425. The van der Waals surface area contributed by atoms with Crippen LogP contribution in [0.3, 0.4) is 0 Å². The Kier molecular flexibility index (Phi) is 3.05. The Morgan fingerprint density at radius 3 is 2.64 bits per heavy atom. The molecule has 0 bridgehead atoms. The molecule has 1 fully saturated rings. The predicted molar refractivity (Wildman–Crippen MR) is 54.7 cm³/mol. The molecular weight excluding hydrogens is 178 g/mol. The van der Waals surface area contributed by atoms with Crippen molar-refractivity contribution in [2.75, 3.05) is 13.1 Å². The number of carbonyl (C=O) groups excluding carboxylic acids is 1. The summed E-state index contributed by atoms with van der Waals surface area (Å²) in [6.07, 6.45) is 5.92. The average Bonchev–Trinajstić information content (AvgIpc) is 2.48. The van der Waals surface area contributed by atoms with Crippen molar-refractivity contribution in [1.82, 2.24) is 4.90 Å². The SMILES string of the molecule is C#C[C@@H]1CCN(C(=O)OC(C)(C)C)C1. The van der Waals surface area contributed by atoms with E-state index in [1.165, 1.54) is 0 Å². The molecule has 3 heteroatoms. The van der Waals surface area contributed by atoms with Crippen LogP contribution in [0.4, 0.5) is 4.79 Å². The monoisotopic (exact) mass is 195 g/mol. The lowest BCUT2D eigenvalue weighted by molar-refractivity contribution is 0.0291. The fraction of sp³-hybridized carbons (Fsp3) is 0.727. The number of rotatable bonds is 0. The first-order valence-corrected chi connectivity index (χ1v) is 4.86. The van der Waals surface area contributed by atoms with Crippen LogP contribution in [0.5, 0.6) is 0 Å². The van der Waals surface area contributed by atoms with Crippen LogP contribution in [-0.4, -0.2) is 29.7 Å². The second-order valence-electron chi connectivity index (χ2n) is 4.58. The molecule has 0 aliphatic carbocycles. The molecule has 1 atom stereocenters. The van der Waals surface area contributed by atoms with Crippen molar-refractivity contribution in [2.45, 2.75) is 32.8 Å². The van der Waals surface area contributed by atoms with Crippen LogP contribution in [0, 0.1) is 18.3 Å². The lowest BCUT2D eigenvalue weighted by atomic mass is 10.1. The maximum absolute atomic E-state index is 11.6. The van der Waals surface area contributed by atoms with E-state index in [1.54, 1.807) is 4.90 Å². The van der Waals surface area contributed by atoms with Crippen LogP contribution in [0.15, 0.2) is 0 Å². The average molecular weight is 195 g/mol. The second-order valence-corrected chi connectivity index (χ2v) is 4.58. The highest BCUT2D eigenvalue weighted by Crippen LogP contribution is 2.18. The normalized spacial score (nSPS) is 21.9. The van der Waals surface area contributed by atoms with Gasteiger partial charge in [0.05, 0.1) is 0 Å². The van der Waals surface area contributed by atoms with Gasteiger partial charge in [0.2, 0.25) is 0 Å². The molecule has 1 aliphatic rings. The van der Waals surface area contributed by atoms with Gasteiger partial charge in [-0.25, -0.2) is 4.79 Å². The number of amides is 1. The van der Waals surface area contributed by atoms with E-state index < -0.39 is 5.60 Å². The topological polar surface area (TPSA) is 29.5 Å². The van der Waals surface area contributed by atoms with E-state index in [2.05, 4.69) is 5.92 Å². The van der Waals surface area contributed by atoms with Gasteiger partial charge in [-0.1, -0.05) is 0 Å². The second kappa shape index (κ2) is 3.91. The molecule has 0 N–H and O–H groups in total. The van der Waals surface area contributed by atoms with Gasteiger partial charge in [0.1, 0.15) is 5.60 Å². The molecule has 1 rings (SSSR count). The molecule has 0 aromatic heterocycles. The lowest BCUT2D eigenvalue weighted by Crippen LogP contribution is -2.35. The maximum Gasteiger partial charge on any atom is 0.410 e. The summed E-state index contributed by atoms with van der Waals surface area (Å²) in [6.45, 7) is 6.92. The van der Waals surface area contributed by atoms with Gasteiger partial charge in [-0.15, -0.1) is 12.3 Å². The van der Waals surface area contributed by atoms with Crippen LogP contribution in [0.1, 0.15) is 27.2 Å². The number of hydrogen-bond acceptors (Lipinski definition) is 2. The van der Waals surface area contributed by atoms with Crippen LogP contribution >= 0.6 is 0 Å². The van der Waals surface area contributed by atoms with Gasteiger partial charge in [-0.2, -0.15) is 0 Å². The molecule has 3 nitrogen and oxygen atoms in total. The first kappa shape index (κ1) is 10.9. The smallest absolute Gasteiger partial charge is 0.410 e. The van der Waals surface area contributed by atoms with E-state index in [-0.39, 0.29) is 12.0 Å². The fourth-order valence-corrected chi connectivity index (χ4v) is 1.39. The van der Waals surface area contributed by atoms with Crippen molar-refractivity contribution < 1.29 is 9.53 Å². The number of ether oxygens (including phenoxy) is 1. The predicted octanol–water partition coefficient (Wildman–Crippen LogP) is 1.88. The minimum absolute atomic E-state index is 0.197. The summed E-state index contributed by atoms with van der Waals surface area (Å²) in [5, 5.41) is 0. The molecule has 0 aromatic rings. The van der Waals surface area contributed by atoms with Crippen LogP contribution < -0.4 is 0 Å². The molecule has 0 aromatic carbocycles. The molecule has 0 unspecified atom stereocenters. The molecule has 1 heterocycles. The molecular formula is C11H17NO2. The maximum atomic E-state index is 11.6. The largest absolute Gasteiger partial charge is 0.444 e. The zero-order valence-corrected chi connectivity index (χ0v) is 9.04. The van der Waals surface area contributed by atoms with Gasteiger partial charge in [-0.05, 0) is 27.2 Å². The molecule has 14 heavy (non-hydrogen) atoms. The number of carbonyl (C=O) groups is 1. The molecule has 1 amide bonds. The van der Waals surface area contributed by atoms with Crippen LogP contribution in [0.25, 0.3) is 0 Å². The van der Waals surface area contributed by atoms with Crippen LogP contribution in [0.2, 0.25) is 0 Å². The van der Waals surface area contributed by atoms with E-state index >= 15 is 0 Å². The van der Waals surface area contributed by atoms with Crippen molar-refractivity contribution in [3.63, 3.8) is 0 Å². The highest BCUT2D eigenvalue weighted by atomic mass is 16.6. The van der Waals surface area contributed by atoms with Crippen molar-refractivity contribution in [1.29, 1.82) is 0 Å². The summed E-state index contributed by atoms with van der Waals surface area (Å²) < 4.78 is 5.23. The quantitative estimate of drug-likeness (QED) is 0.552. The summed E-state index contributed by atoms with van der Waals surface area (Å²) in [6, 6.07) is 0. The lowest BCUT2D eigenvalue weighted by Gasteiger charge is -2.24. The molecule has 1 aliphatic heterocycles. The van der Waals surface area contributed by atoms with E-state index in [4.69, 9.17) is 11.2 Å². The van der Waals surface area contributed by atoms with Gasteiger partial charge in [0.15, 0.2) is 0 Å². The molecule has 0 radical (unpaired) electrons. The van der Waals surface area contributed by atoms with E-state index in [9.17, 15) is 4.79 Å². The van der Waals surface area contributed by atoms with Gasteiger partial charge < -0.3 is 9.64 Å². The minimum Gasteiger partial charge on any atom is -0.444 e. The summed E-state index contributed by atoms with van der Waals surface area (Å²) in [7, 11) is 0. The number of hydrogen-bond donors (Lipinski definition) is 0. The van der Waals surface area contributed by atoms with Crippen molar-refractivity contribution in [3.05, 3.63) is 0 Å². The Balaban J connectivity index is 2.45. The van der Waals surface area contributed by atoms with Crippen molar-refractivity contribution in [2.24, 2.45) is 5.92 Å². The standard InChI is InChI=1S/C11H17NO2/c1-5-9-6-7-12(8-9)10(13)14-11(2,3)4/h1,9H,6-8H2,2-4H3/t9-/m1/s1. The Morgan fingerprint density at radius 1 is 1.57 bits per heavy atom. The molecule has 78 valence electrons. The third-order valence-electron chi connectivity index (χ3n) is 2.08. The third-order valence-corrected chi connectivity index (χ3v) is 2.08. The Morgan fingerprint density at radius 2 is 2.21 bits per heavy atom. The van der Waals surface area contributed by atoms with Gasteiger partial charge in [-0.3, -0.25) is 0 Å². The Labute approximate surface area is 85.4 Å². The zero-order valence-electron chi connectivity index (χ0n) is 9.04.